The largest absolute Gasteiger partial charge is 0.390 e. The van der Waals surface area contributed by atoms with Crippen molar-refractivity contribution in [3.05, 3.63) is 0 Å². The highest BCUT2D eigenvalue weighted by Crippen LogP contribution is 2.33. The summed E-state index contributed by atoms with van der Waals surface area (Å²) in [6, 6.07) is -1.31. The SMILES string of the molecule is CC(C)CC(=O)N(C)[C@H](C(N)=O)[C@H](O)[C@H](C)CCN1CC(F)(F)OC(F)(F)C1. The molecule has 1 aliphatic rings. The summed E-state index contributed by atoms with van der Waals surface area (Å²) >= 11 is 0. The number of ether oxygens (including phenoxy) is 1. The summed E-state index contributed by atoms with van der Waals surface area (Å²) in [5.74, 6) is -1.93. The Kier molecular flexibility index (Phi) is 8.21. The minimum atomic E-state index is -3.98. The Bertz CT molecular complexity index is 547. The van der Waals surface area contributed by atoms with Gasteiger partial charge < -0.3 is 15.7 Å². The number of amides is 2. The molecule has 0 bridgehead atoms. The van der Waals surface area contributed by atoms with Gasteiger partial charge in [0.2, 0.25) is 11.8 Å². The van der Waals surface area contributed by atoms with Gasteiger partial charge in [0.1, 0.15) is 6.04 Å². The molecule has 0 aromatic heterocycles. The number of carbonyl (C=O) groups excluding carboxylic acids is 2. The van der Waals surface area contributed by atoms with Crippen molar-refractivity contribution in [3.63, 3.8) is 0 Å². The monoisotopic (exact) mass is 415 g/mol. The first-order chi connectivity index (χ1) is 12.6. The van der Waals surface area contributed by atoms with Gasteiger partial charge in [0.15, 0.2) is 0 Å². The molecule has 1 fully saturated rings. The Morgan fingerprint density at radius 3 is 2.11 bits per heavy atom. The average molecular weight is 415 g/mol. The molecular weight excluding hydrogens is 386 g/mol. The first-order valence-electron chi connectivity index (χ1n) is 9.06. The summed E-state index contributed by atoms with van der Waals surface area (Å²) in [5.41, 5.74) is 5.34. The summed E-state index contributed by atoms with van der Waals surface area (Å²) < 4.78 is 56.5. The molecule has 1 rings (SSSR count). The number of likely N-dealkylation sites (N-methyl/N-ethyl adjacent to an activating group) is 1. The molecule has 0 spiro atoms. The summed E-state index contributed by atoms with van der Waals surface area (Å²) in [6.45, 7) is 2.98. The van der Waals surface area contributed by atoms with Gasteiger partial charge in [0, 0.05) is 13.5 Å². The van der Waals surface area contributed by atoms with Crippen molar-refractivity contribution >= 4 is 11.8 Å². The normalized spacial score (nSPS) is 22.5. The molecule has 3 N–H and O–H groups in total. The first-order valence-corrected chi connectivity index (χ1v) is 9.06. The van der Waals surface area contributed by atoms with Gasteiger partial charge in [-0.2, -0.15) is 17.6 Å². The third kappa shape index (κ3) is 7.17. The molecule has 0 aromatic rings. The van der Waals surface area contributed by atoms with Crippen LogP contribution < -0.4 is 5.73 Å². The van der Waals surface area contributed by atoms with E-state index in [1.54, 1.807) is 0 Å². The highest BCUT2D eigenvalue weighted by Gasteiger charge is 2.51. The molecule has 1 saturated heterocycles. The second-order valence-corrected chi connectivity index (χ2v) is 7.79. The molecule has 0 saturated carbocycles. The molecule has 0 aromatic carbocycles. The van der Waals surface area contributed by atoms with Crippen LogP contribution in [0.5, 0.6) is 0 Å². The number of nitrogens with zero attached hydrogens (tertiary/aromatic N) is 2. The highest BCUT2D eigenvalue weighted by atomic mass is 19.3. The van der Waals surface area contributed by atoms with E-state index in [1.165, 1.54) is 14.0 Å². The Labute approximate surface area is 161 Å². The first kappa shape index (κ1) is 24.6. The molecule has 0 radical (unpaired) electrons. The van der Waals surface area contributed by atoms with E-state index < -0.39 is 49.3 Å². The van der Waals surface area contributed by atoms with Crippen LogP contribution in [0.1, 0.15) is 33.6 Å². The van der Waals surface area contributed by atoms with Crippen LogP contribution in [-0.4, -0.2) is 77.8 Å². The Hall–Kier alpha value is -1.46. The maximum absolute atomic E-state index is 13.3. The molecule has 2 amide bonds. The van der Waals surface area contributed by atoms with E-state index in [0.717, 1.165) is 9.80 Å². The van der Waals surface area contributed by atoms with Crippen LogP contribution in [0.2, 0.25) is 0 Å². The van der Waals surface area contributed by atoms with Crippen LogP contribution in [0.15, 0.2) is 0 Å². The summed E-state index contributed by atoms with van der Waals surface area (Å²) in [7, 11) is 1.35. The molecule has 7 nitrogen and oxygen atoms in total. The van der Waals surface area contributed by atoms with Gasteiger partial charge in [-0.15, -0.1) is 0 Å². The zero-order chi connectivity index (χ0) is 21.9. The number of alkyl halides is 4. The molecular formula is C17H29F4N3O4. The van der Waals surface area contributed by atoms with Crippen LogP contribution in [0.25, 0.3) is 0 Å². The summed E-state index contributed by atoms with van der Waals surface area (Å²) in [5, 5.41) is 10.5. The number of morpholine rings is 1. The van der Waals surface area contributed by atoms with Crippen molar-refractivity contribution < 1.29 is 37.0 Å². The Morgan fingerprint density at radius 2 is 1.68 bits per heavy atom. The van der Waals surface area contributed by atoms with E-state index in [0.29, 0.717) is 0 Å². The zero-order valence-electron chi connectivity index (χ0n) is 16.5. The number of rotatable bonds is 9. The smallest absolute Gasteiger partial charge is 0.372 e. The van der Waals surface area contributed by atoms with Crippen LogP contribution in [0.3, 0.4) is 0 Å². The van der Waals surface area contributed by atoms with Crippen molar-refractivity contribution in [2.45, 2.75) is 58.0 Å². The fourth-order valence-electron chi connectivity index (χ4n) is 3.12. The molecule has 164 valence electrons. The van der Waals surface area contributed by atoms with Crippen LogP contribution in [-0.2, 0) is 14.3 Å². The molecule has 0 aliphatic carbocycles. The van der Waals surface area contributed by atoms with E-state index >= 15 is 0 Å². The second kappa shape index (κ2) is 9.36. The fraction of sp³-hybridized carbons (Fsp3) is 0.882. The van der Waals surface area contributed by atoms with Crippen LogP contribution in [0, 0.1) is 11.8 Å². The topological polar surface area (TPSA) is 96.1 Å². The number of carbonyl (C=O) groups is 2. The van der Waals surface area contributed by atoms with Gasteiger partial charge in [-0.1, -0.05) is 20.8 Å². The predicted octanol–water partition coefficient (Wildman–Crippen LogP) is 1.25. The van der Waals surface area contributed by atoms with Crippen molar-refractivity contribution in [1.29, 1.82) is 0 Å². The third-order valence-electron chi connectivity index (χ3n) is 4.61. The van der Waals surface area contributed by atoms with Crippen molar-refractivity contribution in [1.82, 2.24) is 9.80 Å². The average Bonchev–Trinajstić information content (AvgIpc) is 2.48. The lowest BCUT2D eigenvalue weighted by Crippen LogP contribution is -2.56. The minimum absolute atomic E-state index is 0.0303. The van der Waals surface area contributed by atoms with Gasteiger partial charge in [0.05, 0.1) is 19.2 Å². The molecule has 3 atom stereocenters. The van der Waals surface area contributed by atoms with Crippen LogP contribution >= 0.6 is 0 Å². The van der Waals surface area contributed by atoms with E-state index in [-0.39, 0.29) is 31.2 Å². The van der Waals surface area contributed by atoms with Gasteiger partial charge in [0.25, 0.3) is 0 Å². The highest BCUT2D eigenvalue weighted by molar-refractivity contribution is 5.87. The lowest BCUT2D eigenvalue weighted by Gasteiger charge is -2.38. The molecule has 1 aliphatic heterocycles. The summed E-state index contributed by atoms with van der Waals surface area (Å²) in [4.78, 5) is 25.9. The lowest BCUT2D eigenvalue weighted by atomic mass is 9.92. The lowest BCUT2D eigenvalue weighted by molar-refractivity contribution is -0.405. The zero-order valence-corrected chi connectivity index (χ0v) is 16.5. The number of nitrogens with two attached hydrogens (primary N) is 1. The third-order valence-corrected chi connectivity index (χ3v) is 4.61. The van der Waals surface area contributed by atoms with Crippen molar-refractivity contribution in [2.75, 3.05) is 26.7 Å². The van der Waals surface area contributed by atoms with Crippen molar-refractivity contribution in [2.24, 2.45) is 17.6 Å². The maximum atomic E-state index is 13.3. The number of halogens is 4. The minimum Gasteiger partial charge on any atom is -0.390 e. The molecule has 28 heavy (non-hydrogen) atoms. The van der Waals surface area contributed by atoms with Gasteiger partial charge in [-0.05, 0) is 24.8 Å². The molecule has 1 heterocycles. The maximum Gasteiger partial charge on any atom is 0.372 e. The van der Waals surface area contributed by atoms with E-state index in [2.05, 4.69) is 4.74 Å². The molecule has 11 heteroatoms. The number of aliphatic hydroxyl groups excluding tert-OH is 1. The number of aliphatic hydroxyl groups is 1. The van der Waals surface area contributed by atoms with Crippen LogP contribution in [0.4, 0.5) is 17.6 Å². The quantitative estimate of drug-likeness (QED) is 0.553. The van der Waals surface area contributed by atoms with E-state index in [1.807, 2.05) is 13.8 Å². The van der Waals surface area contributed by atoms with Gasteiger partial charge >= 0.3 is 12.2 Å². The van der Waals surface area contributed by atoms with Gasteiger partial charge in [-0.3, -0.25) is 19.2 Å². The predicted molar refractivity (Wildman–Crippen MR) is 92.4 cm³/mol. The summed E-state index contributed by atoms with van der Waals surface area (Å²) in [6.07, 6.45) is -9.16. The number of hydrogen-bond donors (Lipinski definition) is 2. The number of primary amides is 1. The van der Waals surface area contributed by atoms with E-state index in [9.17, 15) is 32.3 Å². The van der Waals surface area contributed by atoms with E-state index in [4.69, 9.17) is 5.73 Å². The standard InChI is InChI=1S/C17H29F4N3O4/c1-10(2)7-12(25)23(4)13(15(22)27)14(26)11(3)5-6-24-8-16(18,19)28-17(20,21)9-24/h10-11,13-14,26H,5-9H2,1-4H3,(H2,22,27)/t11-,13+,14-/m1/s1. The molecule has 0 unspecified atom stereocenters. The Morgan fingerprint density at radius 1 is 1.18 bits per heavy atom. The van der Waals surface area contributed by atoms with Gasteiger partial charge in [-0.25, -0.2) is 0 Å². The fourth-order valence-corrected chi connectivity index (χ4v) is 3.12. The number of hydrogen-bond acceptors (Lipinski definition) is 5. The second-order valence-electron chi connectivity index (χ2n) is 7.79. The Balaban J connectivity index is 2.74. The van der Waals surface area contributed by atoms with Crippen molar-refractivity contribution in [3.8, 4) is 0 Å².